The first-order valence-corrected chi connectivity index (χ1v) is 9.22. The van der Waals surface area contributed by atoms with Gasteiger partial charge in [0.1, 0.15) is 5.82 Å². The highest BCUT2D eigenvalue weighted by Crippen LogP contribution is 2.29. The van der Waals surface area contributed by atoms with Crippen LogP contribution in [-0.2, 0) is 6.54 Å². The quantitative estimate of drug-likeness (QED) is 0.502. The van der Waals surface area contributed by atoms with Crippen molar-refractivity contribution in [2.75, 3.05) is 18.0 Å². The lowest BCUT2D eigenvalue weighted by Crippen LogP contribution is -2.24. The summed E-state index contributed by atoms with van der Waals surface area (Å²) in [6.07, 6.45) is 1.45. The Kier molecular flexibility index (Phi) is 4.99. The van der Waals surface area contributed by atoms with Crippen molar-refractivity contribution in [3.05, 3.63) is 53.6 Å². The zero-order chi connectivity index (χ0) is 20.5. The van der Waals surface area contributed by atoms with Crippen LogP contribution in [0.25, 0.3) is 10.9 Å². The molecule has 2 atom stereocenters. The Hall–Kier alpha value is -3.30. The fraction of sp³-hybridized carbons (Fsp3) is 0.300. The van der Waals surface area contributed by atoms with Crippen LogP contribution in [0.15, 0.2) is 36.7 Å². The first-order valence-electron chi connectivity index (χ1n) is 9.22. The molecule has 29 heavy (non-hydrogen) atoms. The number of fused-ring (bicyclic) bond motifs is 1. The Balaban J connectivity index is 1.53. The van der Waals surface area contributed by atoms with Crippen molar-refractivity contribution in [3.63, 3.8) is 0 Å². The third-order valence-corrected chi connectivity index (χ3v) is 4.93. The zero-order valence-electron chi connectivity index (χ0n) is 15.8. The number of amides is 1. The Bertz CT molecular complexity index is 1050. The predicted octanol–water partition coefficient (Wildman–Crippen LogP) is 0.511. The molecule has 0 aliphatic carbocycles. The minimum absolute atomic E-state index is 0.0841. The van der Waals surface area contributed by atoms with Crippen LogP contribution in [0.1, 0.15) is 21.7 Å². The number of pyridine rings is 3. The van der Waals surface area contributed by atoms with Crippen molar-refractivity contribution >= 4 is 22.6 Å². The largest absolute Gasteiger partial charge is 0.505 e. The van der Waals surface area contributed by atoms with Crippen LogP contribution in [0.3, 0.4) is 0 Å². The molecular formula is C20H21N5O4. The molecule has 0 aromatic carbocycles. The fourth-order valence-corrected chi connectivity index (χ4v) is 3.25. The zero-order valence-corrected chi connectivity index (χ0v) is 15.8. The summed E-state index contributed by atoms with van der Waals surface area (Å²) in [5, 5.41) is 33.1. The summed E-state index contributed by atoms with van der Waals surface area (Å²) in [6, 6.07) is 7.04. The number of aryl methyl sites for hydroxylation is 1. The van der Waals surface area contributed by atoms with E-state index < -0.39 is 18.1 Å². The normalized spacial score (nSPS) is 18.9. The van der Waals surface area contributed by atoms with Gasteiger partial charge in [0.2, 0.25) is 0 Å². The van der Waals surface area contributed by atoms with Crippen LogP contribution in [0.4, 0.5) is 5.82 Å². The van der Waals surface area contributed by atoms with E-state index in [0.717, 1.165) is 11.3 Å². The molecule has 0 unspecified atom stereocenters. The molecule has 4 heterocycles. The molecular weight excluding hydrogens is 374 g/mol. The first kappa shape index (κ1) is 19.0. The van der Waals surface area contributed by atoms with Gasteiger partial charge in [0, 0.05) is 36.9 Å². The lowest BCUT2D eigenvalue weighted by molar-refractivity contribution is 0.0572. The van der Waals surface area contributed by atoms with E-state index in [1.54, 1.807) is 23.2 Å². The van der Waals surface area contributed by atoms with Crippen LogP contribution in [0.2, 0.25) is 0 Å². The molecule has 150 valence electrons. The Morgan fingerprint density at radius 2 is 1.90 bits per heavy atom. The summed E-state index contributed by atoms with van der Waals surface area (Å²) in [5.74, 6) is -0.194. The van der Waals surface area contributed by atoms with E-state index in [4.69, 9.17) is 0 Å². The number of hydrogen-bond acceptors (Lipinski definition) is 8. The molecule has 1 saturated heterocycles. The van der Waals surface area contributed by atoms with E-state index >= 15 is 0 Å². The van der Waals surface area contributed by atoms with E-state index in [1.807, 2.05) is 19.1 Å². The van der Waals surface area contributed by atoms with E-state index in [0.29, 0.717) is 16.7 Å². The molecule has 1 amide bonds. The Labute approximate surface area is 166 Å². The number of nitrogens with zero attached hydrogens (tertiary/aromatic N) is 4. The van der Waals surface area contributed by atoms with Gasteiger partial charge in [-0.2, -0.15) is 0 Å². The predicted molar refractivity (Wildman–Crippen MR) is 106 cm³/mol. The van der Waals surface area contributed by atoms with Gasteiger partial charge in [-0.05, 0) is 30.7 Å². The number of β-amino-alcohol motifs (C(OH)–C–C–N with tert-alkyl or cyclic N) is 2. The average molecular weight is 395 g/mol. The van der Waals surface area contributed by atoms with Gasteiger partial charge < -0.3 is 25.5 Å². The average Bonchev–Trinajstić information content (AvgIpc) is 3.06. The van der Waals surface area contributed by atoms with Gasteiger partial charge in [-0.3, -0.25) is 9.78 Å². The van der Waals surface area contributed by atoms with Crippen molar-refractivity contribution in [1.82, 2.24) is 20.3 Å². The maximum absolute atomic E-state index is 12.5. The minimum atomic E-state index is -0.825. The van der Waals surface area contributed by atoms with Gasteiger partial charge in [-0.15, -0.1) is 0 Å². The number of aliphatic hydroxyl groups is 2. The number of hydrogen-bond donors (Lipinski definition) is 4. The smallest absolute Gasteiger partial charge is 0.274 e. The Morgan fingerprint density at radius 1 is 1.14 bits per heavy atom. The van der Waals surface area contributed by atoms with E-state index in [-0.39, 0.29) is 31.1 Å². The molecule has 3 aromatic heterocycles. The van der Waals surface area contributed by atoms with Crippen LogP contribution in [0.5, 0.6) is 5.75 Å². The molecule has 3 aromatic rings. The topological polar surface area (TPSA) is 132 Å². The number of anilines is 1. The molecule has 1 fully saturated rings. The van der Waals surface area contributed by atoms with E-state index in [2.05, 4.69) is 20.3 Å². The number of aromatic hydroxyl groups is 1. The maximum Gasteiger partial charge on any atom is 0.274 e. The molecule has 0 bridgehead atoms. The highest BCUT2D eigenvalue weighted by Gasteiger charge is 2.30. The Morgan fingerprint density at radius 3 is 2.59 bits per heavy atom. The highest BCUT2D eigenvalue weighted by atomic mass is 16.3. The van der Waals surface area contributed by atoms with Gasteiger partial charge in [0.25, 0.3) is 5.91 Å². The molecule has 4 N–H and O–H groups in total. The van der Waals surface area contributed by atoms with Crippen LogP contribution < -0.4 is 10.2 Å². The molecule has 0 saturated carbocycles. The van der Waals surface area contributed by atoms with Crippen molar-refractivity contribution in [2.45, 2.75) is 25.7 Å². The van der Waals surface area contributed by atoms with Gasteiger partial charge in [0.05, 0.1) is 23.9 Å². The van der Waals surface area contributed by atoms with E-state index in [9.17, 15) is 20.1 Å². The van der Waals surface area contributed by atoms with Crippen LogP contribution >= 0.6 is 0 Å². The minimum Gasteiger partial charge on any atom is -0.505 e. The summed E-state index contributed by atoms with van der Waals surface area (Å²) in [4.78, 5) is 26.9. The van der Waals surface area contributed by atoms with Gasteiger partial charge in [-0.1, -0.05) is 6.07 Å². The van der Waals surface area contributed by atoms with E-state index in [1.165, 1.54) is 6.20 Å². The molecule has 9 heteroatoms. The molecule has 1 aliphatic heterocycles. The number of aromatic nitrogens is 3. The maximum atomic E-state index is 12.5. The molecule has 9 nitrogen and oxygen atoms in total. The number of rotatable bonds is 4. The number of aliphatic hydroxyl groups excluding tert-OH is 2. The molecule has 0 spiro atoms. The monoisotopic (exact) mass is 395 g/mol. The van der Waals surface area contributed by atoms with Crippen LogP contribution in [-0.4, -0.2) is 61.5 Å². The number of carbonyl (C=O) groups is 1. The van der Waals surface area contributed by atoms with Crippen molar-refractivity contribution in [2.24, 2.45) is 0 Å². The number of carbonyl (C=O) groups excluding carboxylic acids is 1. The highest BCUT2D eigenvalue weighted by molar-refractivity contribution is 6.00. The van der Waals surface area contributed by atoms with Gasteiger partial charge >= 0.3 is 0 Å². The molecule has 0 radical (unpaired) electrons. The molecule has 4 rings (SSSR count). The lowest BCUT2D eigenvalue weighted by Gasteiger charge is -2.17. The summed E-state index contributed by atoms with van der Waals surface area (Å²) in [7, 11) is 0. The second-order valence-electron chi connectivity index (χ2n) is 7.09. The first-order chi connectivity index (χ1) is 13.9. The summed E-state index contributed by atoms with van der Waals surface area (Å²) in [6.45, 7) is 2.69. The third kappa shape index (κ3) is 3.82. The second-order valence-corrected chi connectivity index (χ2v) is 7.09. The lowest BCUT2D eigenvalue weighted by atomic mass is 10.2. The van der Waals surface area contributed by atoms with Crippen molar-refractivity contribution in [3.8, 4) is 5.75 Å². The number of nitrogens with one attached hydrogen (secondary N) is 1. The standard InChI is InChI=1S/C20H21N5O4/c1-11-2-3-12(6-21-11)7-23-20(29)18-19(28)13-4-5-17(24-14(13)8-22-18)25-9-15(26)16(27)10-25/h2-6,8,15-16,26-28H,7,9-10H2,1H3,(H,23,29)/t15-,16+. The second kappa shape index (κ2) is 7.61. The van der Waals surface area contributed by atoms with Gasteiger partial charge in [-0.25, -0.2) is 9.97 Å². The van der Waals surface area contributed by atoms with Crippen LogP contribution in [0, 0.1) is 6.92 Å². The SMILES string of the molecule is Cc1ccc(CNC(=O)c2ncc3nc(N4C[C@@H](O)[C@@H](O)C4)ccc3c2O)cn1. The van der Waals surface area contributed by atoms with Crippen molar-refractivity contribution < 1.29 is 20.1 Å². The summed E-state index contributed by atoms with van der Waals surface area (Å²) < 4.78 is 0. The summed E-state index contributed by atoms with van der Waals surface area (Å²) in [5.41, 5.74) is 2.05. The van der Waals surface area contributed by atoms with Gasteiger partial charge in [0.15, 0.2) is 11.4 Å². The van der Waals surface area contributed by atoms with Crippen molar-refractivity contribution in [1.29, 1.82) is 0 Å². The molecule has 1 aliphatic rings. The third-order valence-electron chi connectivity index (χ3n) is 4.93. The summed E-state index contributed by atoms with van der Waals surface area (Å²) >= 11 is 0. The fourth-order valence-electron chi connectivity index (χ4n) is 3.25.